The summed E-state index contributed by atoms with van der Waals surface area (Å²) in [4.78, 5) is 24.7. The molecule has 3 aromatic rings. The quantitative estimate of drug-likeness (QED) is 0.153. The molecule has 32 heavy (non-hydrogen) atoms. The minimum atomic E-state index is -0.521. The number of ether oxygens (including phenoxy) is 2. The predicted octanol–water partition coefficient (Wildman–Crippen LogP) is 5.50. The molecular weight excluding hydrogens is 428 g/mol. The first-order valence-corrected chi connectivity index (χ1v) is 10.6. The van der Waals surface area contributed by atoms with Gasteiger partial charge in [-0.2, -0.15) is 5.10 Å². The molecule has 0 heterocycles. The standard InChI is InChI=1S/C25H23ClN2O4/c1-2-3-16-31-22-14-10-18(11-15-22)24(29)28-27-17-20-6-4-5-7-23(20)32-25(30)19-8-12-21(26)13-9-19/h4-15,17H,2-3,16H2,1H3,(H,28,29). The van der Waals surface area contributed by atoms with E-state index in [0.717, 1.165) is 18.6 Å². The Hall–Kier alpha value is -3.64. The maximum Gasteiger partial charge on any atom is 0.343 e. The summed E-state index contributed by atoms with van der Waals surface area (Å²) in [6, 6.07) is 20.1. The molecule has 0 saturated heterocycles. The number of halogens is 1. The predicted molar refractivity (Wildman–Crippen MR) is 125 cm³/mol. The lowest BCUT2D eigenvalue weighted by molar-refractivity contribution is 0.0734. The number of para-hydroxylation sites is 1. The van der Waals surface area contributed by atoms with E-state index in [0.29, 0.717) is 34.1 Å². The van der Waals surface area contributed by atoms with Gasteiger partial charge >= 0.3 is 5.97 Å². The summed E-state index contributed by atoms with van der Waals surface area (Å²) >= 11 is 5.85. The number of amides is 1. The van der Waals surface area contributed by atoms with Crippen LogP contribution in [0.15, 0.2) is 77.9 Å². The van der Waals surface area contributed by atoms with Crippen molar-refractivity contribution in [3.05, 3.63) is 94.5 Å². The van der Waals surface area contributed by atoms with Crippen molar-refractivity contribution in [2.75, 3.05) is 6.61 Å². The Morgan fingerprint density at radius 2 is 1.66 bits per heavy atom. The van der Waals surface area contributed by atoms with Gasteiger partial charge in [0.25, 0.3) is 5.91 Å². The Morgan fingerprint density at radius 3 is 2.38 bits per heavy atom. The van der Waals surface area contributed by atoms with E-state index in [9.17, 15) is 9.59 Å². The van der Waals surface area contributed by atoms with Crippen molar-refractivity contribution in [1.82, 2.24) is 5.43 Å². The molecule has 0 bridgehead atoms. The van der Waals surface area contributed by atoms with Crippen molar-refractivity contribution in [1.29, 1.82) is 0 Å². The van der Waals surface area contributed by atoms with E-state index in [1.807, 2.05) is 0 Å². The molecule has 1 N–H and O–H groups in total. The van der Waals surface area contributed by atoms with Crippen LogP contribution in [0.25, 0.3) is 0 Å². The van der Waals surface area contributed by atoms with Gasteiger partial charge in [-0.05, 0) is 67.1 Å². The molecule has 3 aromatic carbocycles. The summed E-state index contributed by atoms with van der Waals surface area (Å²) in [5.41, 5.74) is 3.83. The van der Waals surface area contributed by atoms with Crippen molar-refractivity contribution < 1.29 is 19.1 Å². The number of carbonyl (C=O) groups is 2. The topological polar surface area (TPSA) is 77.0 Å². The van der Waals surface area contributed by atoms with Crippen LogP contribution < -0.4 is 14.9 Å². The summed E-state index contributed by atoms with van der Waals surface area (Å²) in [6.45, 7) is 2.74. The highest BCUT2D eigenvalue weighted by molar-refractivity contribution is 6.30. The van der Waals surface area contributed by atoms with Gasteiger partial charge in [0, 0.05) is 16.1 Å². The zero-order chi connectivity index (χ0) is 22.8. The minimum absolute atomic E-state index is 0.319. The number of hydrazone groups is 1. The number of unbranched alkanes of at least 4 members (excludes halogenated alkanes) is 1. The van der Waals surface area contributed by atoms with Crippen molar-refractivity contribution in [2.24, 2.45) is 5.10 Å². The van der Waals surface area contributed by atoms with E-state index in [2.05, 4.69) is 17.5 Å². The Morgan fingerprint density at radius 1 is 0.969 bits per heavy atom. The van der Waals surface area contributed by atoms with Gasteiger partial charge in [0.05, 0.1) is 18.4 Å². The summed E-state index contributed by atoms with van der Waals surface area (Å²) in [5, 5.41) is 4.52. The fourth-order valence-electron chi connectivity index (χ4n) is 2.69. The number of esters is 1. The molecule has 0 unspecified atom stereocenters. The molecule has 6 nitrogen and oxygen atoms in total. The first-order valence-electron chi connectivity index (χ1n) is 10.2. The highest BCUT2D eigenvalue weighted by Crippen LogP contribution is 2.19. The fraction of sp³-hybridized carbons (Fsp3) is 0.160. The van der Waals surface area contributed by atoms with E-state index >= 15 is 0 Å². The molecule has 0 aliphatic carbocycles. The van der Waals surface area contributed by atoms with Crippen LogP contribution in [0.2, 0.25) is 5.02 Å². The van der Waals surface area contributed by atoms with Gasteiger partial charge in [-0.25, -0.2) is 10.2 Å². The zero-order valence-electron chi connectivity index (χ0n) is 17.6. The number of rotatable bonds is 9. The first-order chi connectivity index (χ1) is 15.6. The van der Waals surface area contributed by atoms with Crippen LogP contribution >= 0.6 is 11.6 Å². The second kappa shape index (κ2) is 11.7. The smallest absolute Gasteiger partial charge is 0.343 e. The van der Waals surface area contributed by atoms with Gasteiger partial charge < -0.3 is 9.47 Å². The average Bonchev–Trinajstić information content (AvgIpc) is 2.81. The second-order valence-corrected chi connectivity index (χ2v) is 7.30. The van der Waals surface area contributed by atoms with Crippen LogP contribution in [-0.2, 0) is 0 Å². The fourth-order valence-corrected chi connectivity index (χ4v) is 2.81. The number of hydrogen-bond donors (Lipinski definition) is 1. The normalized spacial score (nSPS) is 10.7. The minimum Gasteiger partial charge on any atom is -0.494 e. The maximum atomic E-state index is 12.4. The average molecular weight is 451 g/mol. The van der Waals surface area contributed by atoms with Gasteiger partial charge in [-0.3, -0.25) is 4.79 Å². The van der Waals surface area contributed by atoms with E-state index in [1.165, 1.54) is 6.21 Å². The lowest BCUT2D eigenvalue weighted by Crippen LogP contribution is -2.17. The summed E-state index contributed by atoms with van der Waals surface area (Å²) in [6.07, 6.45) is 3.46. The molecule has 1 amide bonds. The Balaban J connectivity index is 1.60. The summed E-state index contributed by atoms with van der Waals surface area (Å²) < 4.78 is 11.1. The van der Waals surface area contributed by atoms with Gasteiger partial charge in [-0.1, -0.05) is 37.1 Å². The number of nitrogens with one attached hydrogen (secondary N) is 1. The Bertz CT molecular complexity index is 1080. The van der Waals surface area contributed by atoms with Crippen LogP contribution in [-0.4, -0.2) is 24.7 Å². The number of benzene rings is 3. The lowest BCUT2D eigenvalue weighted by atomic mass is 10.2. The highest BCUT2D eigenvalue weighted by Gasteiger charge is 2.11. The molecule has 0 aromatic heterocycles. The molecule has 0 aliphatic rings. The molecular formula is C25H23ClN2O4. The van der Waals surface area contributed by atoms with Crippen molar-refractivity contribution in [3.8, 4) is 11.5 Å². The van der Waals surface area contributed by atoms with Crippen LogP contribution in [0.5, 0.6) is 11.5 Å². The summed E-state index contributed by atoms with van der Waals surface area (Å²) in [5.74, 6) is 0.152. The molecule has 0 spiro atoms. The molecule has 0 radical (unpaired) electrons. The number of carbonyl (C=O) groups excluding carboxylic acids is 2. The molecule has 164 valence electrons. The highest BCUT2D eigenvalue weighted by atomic mass is 35.5. The molecule has 0 aliphatic heterocycles. The number of hydrogen-bond acceptors (Lipinski definition) is 5. The van der Waals surface area contributed by atoms with Crippen LogP contribution in [0.1, 0.15) is 46.0 Å². The number of nitrogens with zero attached hydrogens (tertiary/aromatic N) is 1. The van der Waals surface area contributed by atoms with Gasteiger partial charge in [0.2, 0.25) is 0 Å². The van der Waals surface area contributed by atoms with E-state index in [4.69, 9.17) is 21.1 Å². The Labute approximate surface area is 191 Å². The van der Waals surface area contributed by atoms with Crippen LogP contribution in [0.4, 0.5) is 0 Å². The molecule has 0 fully saturated rings. The molecule has 7 heteroatoms. The third-order valence-electron chi connectivity index (χ3n) is 4.45. The summed E-state index contributed by atoms with van der Waals surface area (Å²) in [7, 11) is 0. The SMILES string of the molecule is CCCCOc1ccc(C(=O)NN=Cc2ccccc2OC(=O)c2ccc(Cl)cc2)cc1. The third kappa shape index (κ3) is 6.68. The maximum absolute atomic E-state index is 12.4. The van der Waals surface area contributed by atoms with E-state index < -0.39 is 5.97 Å². The monoisotopic (exact) mass is 450 g/mol. The Kier molecular flexibility index (Phi) is 8.40. The molecule has 0 atom stereocenters. The lowest BCUT2D eigenvalue weighted by Gasteiger charge is -2.07. The van der Waals surface area contributed by atoms with Crippen molar-refractivity contribution in [2.45, 2.75) is 19.8 Å². The van der Waals surface area contributed by atoms with Gasteiger partial charge in [0.1, 0.15) is 11.5 Å². The zero-order valence-corrected chi connectivity index (χ0v) is 18.3. The molecule has 3 rings (SSSR count). The largest absolute Gasteiger partial charge is 0.494 e. The van der Waals surface area contributed by atoms with Crippen LogP contribution in [0, 0.1) is 0 Å². The molecule has 0 saturated carbocycles. The third-order valence-corrected chi connectivity index (χ3v) is 4.71. The van der Waals surface area contributed by atoms with Crippen LogP contribution in [0.3, 0.4) is 0 Å². The van der Waals surface area contributed by atoms with E-state index in [-0.39, 0.29) is 5.91 Å². The van der Waals surface area contributed by atoms with Gasteiger partial charge in [-0.15, -0.1) is 0 Å². The van der Waals surface area contributed by atoms with Gasteiger partial charge in [0.15, 0.2) is 0 Å². The second-order valence-electron chi connectivity index (χ2n) is 6.86. The first kappa shape index (κ1) is 23.0. The van der Waals surface area contributed by atoms with E-state index in [1.54, 1.807) is 72.8 Å². The van der Waals surface area contributed by atoms with Crippen molar-refractivity contribution in [3.63, 3.8) is 0 Å². The van der Waals surface area contributed by atoms with Crippen molar-refractivity contribution >= 4 is 29.7 Å².